The molecule has 0 saturated carbocycles. The second-order valence-electron chi connectivity index (χ2n) is 5.75. The Morgan fingerprint density at radius 2 is 1.79 bits per heavy atom. The lowest BCUT2D eigenvalue weighted by molar-refractivity contribution is 0.312. The Hall–Kier alpha value is -1.44. The maximum Gasteiger partial charge on any atom is 0.191 e. The Morgan fingerprint density at radius 1 is 1.00 bits per heavy atom. The molecular weight excluding hydrogens is 338 g/mol. The Kier molecular flexibility index (Phi) is 5.86. The van der Waals surface area contributed by atoms with Gasteiger partial charge in [0.1, 0.15) is 11.6 Å². The number of hydrogen-bond acceptors (Lipinski definition) is 7. The molecule has 1 aromatic heterocycles. The van der Waals surface area contributed by atoms with Crippen molar-refractivity contribution in [2.24, 2.45) is 0 Å². The van der Waals surface area contributed by atoms with Gasteiger partial charge in [-0.05, 0) is 37.8 Å². The highest BCUT2D eigenvalue weighted by Crippen LogP contribution is 2.25. The monoisotopic (exact) mass is 361 g/mol. The van der Waals surface area contributed by atoms with E-state index in [0.717, 1.165) is 48.7 Å². The summed E-state index contributed by atoms with van der Waals surface area (Å²) in [7, 11) is 2.16. The lowest BCUT2D eigenvalue weighted by Gasteiger charge is -2.33. The van der Waals surface area contributed by atoms with Crippen LogP contribution in [-0.4, -0.2) is 60.6 Å². The number of rotatable bonds is 5. The zero-order chi connectivity index (χ0) is 16.9. The SMILES string of the molecule is CSc1cccc(Nc2cc(N3CCN(C)CC3)nc(SC)n2)c1. The van der Waals surface area contributed by atoms with Crippen LogP contribution in [0.25, 0.3) is 0 Å². The van der Waals surface area contributed by atoms with E-state index in [-0.39, 0.29) is 0 Å². The van der Waals surface area contributed by atoms with Gasteiger partial charge in [-0.2, -0.15) is 0 Å². The number of thioether (sulfide) groups is 2. The minimum absolute atomic E-state index is 0.801. The van der Waals surface area contributed by atoms with E-state index in [9.17, 15) is 0 Å². The minimum Gasteiger partial charge on any atom is -0.354 e. The Balaban J connectivity index is 1.83. The van der Waals surface area contributed by atoms with Crippen LogP contribution in [0.5, 0.6) is 0 Å². The molecule has 0 bridgehead atoms. The lowest BCUT2D eigenvalue weighted by atomic mass is 10.3. The zero-order valence-corrected chi connectivity index (χ0v) is 16.0. The quantitative estimate of drug-likeness (QED) is 0.646. The van der Waals surface area contributed by atoms with Crippen LogP contribution < -0.4 is 10.2 Å². The molecule has 24 heavy (non-hydrogen) atoms. The summed E-state index contributed by atoms with van der Waals surface area (Å²) < 4.78 is 0. The summed E-state index contributed by atoms with van der Waals surface area (Å²) in [6, 6.07) is 10.4. The molecule has 0 spiro atoms. The van der Waals surface area contributed by atoms with Gasteiger partial charge in [0.05, 0.1) is 0 Å². The first-order chi connectivity index (χ1) is 11.7. The van der Waals surface area contributed by atoms with Gasteiger partial charge in [-0.3, -0.25) is 0 Å². The number of benzene rings is 1. The van der Waals surface area contributed by atoms with Gasteiger partial charge >= 0.3 is 0 Å². The van der Waals surface area contributed by atoms with Crippen LogP contribution in [0.2, 0.25) is 0 Å². The first-order valence-electron chi connectivity index (χ1n) is 7.95. The average Bonchev–Trinajstić information content (AvgIpc) is 2.62. The standard InChI is InChI=1S/C17H23N5S2/c1-21-7-9-22(10-8-21)16-12-15(19-17(20-16)24-3)18-13-5-4-6-14(11-13)23-2/h4-6,11-12H,7-10H2,1-3H3,(H,18,19,20). The summed E-state index contributed by atoms with van der Waals surface area (Å²) in [4.78, 5) is 15.2. The van der Waals surface area contributed by atoms with Crippen molar-refractivity contribution in [3.8, 4) is 0 Å². The molecule has 1 aliphatic heterocycles. The number of likely N-dealkylation sites (N-methyl/N-ethyl adjacent to an activating group) is 1. The van der Waals surface area contributed by atoms with Crippen molar-refractivity contribution in [2.45, 2.75) is 10.1 Å². The smallest absolute Gasteiger partial charge is 0.191 e. The Labute approximate surface area is 152 Å². The molecule has 0 amide bonds. The molecule has 2 aromatic rings. The van der Waals surface area contributed by atoms with Gasteiger partial charge in [0, 0.05) is 42.8 Å². The predicted molar refractivity (Wildman–Crippen MR) is 105 cm³/mol. The number of anilines is 3. The van der Waals surface area contributed by atoms with E-state index < -0.39 is 0 Å². The highest BCUT2D eigenvalue weighted by Gasteiger charge is 2.17. The van der Waals surface area contributed by atoms with Gasteiger partial charge in [-0.25, -0.2) is 9.97 Å². The van der Waals surface area contributed by atoms with Crippen molar-refractivity contribution < 1.29 is 0 Å². The topological polar surface area (TPSA) is 44.3 Å². The zero-order valence-electron chi connectivity index (χ0n) is 14.3. The van der Waals surface area contributed by atoms with E-state index in [4.69, 9.17) is 4.98 Å². The summed E-state index contributed by atoms with van der Waals surface area (Å²) in [5, 5.41) is 4.23. The predicted octanol–water partition coefficient (Wildman–Crippen LogP) is 3.42. The van der Waals surface area contributed by atoms with Gasteiger partial charge < -0.3 is 15.1 Å². The fourth-order valence-electron chi connectivity index (χ4n) is 2.61. The normalized spacial score (nSPS) is 15.5. The molecule has 5 nitrogen and oxygen atoms in total. The van der Waals surface area contributed by atoms with E-state index in [1.54, 1.807) is 23.5 Å². The van der Waals surface area contributed by atoms with Crippen LogP contribution in [-0.2, 0) is 0 Å². The van der Waals surface area contributed by atoms with Crippen LogP contribution in [0.15, 0.2) is 40.4 Å². The van der Waals surface area contributed by atoms with Crippen molar-refractivity contribution in [1.29, 1.82) is 0 Å². The van der Waals surface area contributed by atoms with Crippen molar-refractivity contribution in [3.05, 3.63) is 30.3 Å². The number of hydrogen-bond donors (Lipinski definition) is 1. The third-order valence-corrected chi connectivity index (χ3v) is 5.32. The molecule has 7 heteroatoms. The summed E-state index contributed by atoms with van der Waals surface area (Å²) >= 11 is 3.31. The molecule has 0 radical (unpaired) electrons. The molecule has 0 aliphatic carbocycles. The van der Waals surface area contributed by atoms with E-state index in [1.807, 2.05) is 6.26 Å². The summed E-state index contributed by atoms with van der Waals surface area (Å²) in [5.74, 6) is 1.85. The van der Waals surface area contributed by atoms with Crippen molar-refractivity contribution in [3.63, 3.8) is 0 Å². The number of aromatic nitrogens is 2. The third-order valence-electron chi connectivity index (χ3n) is 4.04. The largest absolute Gasteiger partial charge is 0.354 e. The van der Waals surface area contributed by atoms with E-state index in [0.29, 0.717) is 0 Å². The molecule has 0 atom stereocenters. The fraction of sp³-hybridized carbons (Fsp3) is 0.412. The summed E-state index contributed by atoms with van der Waals surface area (Å²) in [5.41, 5.74) is 1.05. The summed E-state index contributed by atoms with van der Waals surface area (Å²) in [6.07, 6.45) is 4.10. The minimum atomic E-state index is 0.801. The molecule has 1 fully saturated rings. The molecule has 1 aromatic carbocycles. The van der Waals surface area contributed by atoms with Crippen molar-refractivity contribution >= 4 is 40.8 Å². The van der Waals surface area contributed by atoms with Gasteiger partial charge in [-0.15, -0.1) is 11.8 Å². The molecule has 2 heterocycles. The molecular formula is C17H23N5S2. The average molecular weight is 362 g/mol. The molecule has 3 rings (SSSR count). The second-order valence-corrected chi connectivity index (χ2v) is 7.40. The van der Waals surface area contributed by atoms with Gasteiger partial charge in [0.2, 0.25) is 0 Å². The van der Waals surface area contributed by atoms with Crippen molar-refractivity contribution in [1.82, 2.24) is 14.9 Å². The summed E-state index contributed by atoms with van der Waals surface area (Å²) in [6.45, 7) is 4.14. The molecule has 1 N–H and O–H groups in total. The third kappa shape index (κ3) is 4.34. The lowest BCUT2D eigenvalue weighted by Crippen LogP contribution is -2.44. The molecule has 1 saturated heterocycles. The van der Waals surface area contributed by atoms with Gasteiger partial charge in [-0.1, -0.05) is 17.8 Å². The van der Waals surface area contributed by atoms with Crippen LogP contribution >= 0.6 is 23.5 Å². The highest BCUT2D eigenvalue weighted by molar-refractivity contribution is 7.98. The molecule has 0 unspecified atom stereocenters. The van der Waals surface area contributed by atoms with E-state index >= 15 is 0 Å². The molecule has 1 aliphatic rings. The van der Waals surface area contributed by atoms with Crippen molar-refractivity contribution in [2.75, 3.05) is 56.0 Å². The maximum atomic E-state index is 4.69. The van der Waals surface area contributed by atoms with E-state index in [1.165, 1.54) is 4.90 Å². The van der Waals surface area contributed by atoms with Crippen LogP contribution in [0, 0.1) is 0 Å². The van der Waals surface area contributed by atoms with E-state index in [2.05, 4.69) is 63.7 Å². The second kappa shape index (κ2) is 8.09. The van der Waals surface area contributed by atoms with Crippen LogP contribution in [0.4, 0.5) is 17.3 Å². The number of piperazine rings is 1. The number of nitrogens with one attached hydrogen (secondary N) is 1. The Morgan fingerprint density at radius 3 is 2.50 bits per heavy atom. The van der Waals surface area contributed by atoms with Gasteiger partial charge in [0.15, 0.2) is 5.16 Å². The van der Waals surface area contributed by atoms with Crippen LogP contribution in [0.3, 0.4) is 0 Å². The highest BCUT2D eigenvalue weighted by atomic mass is 32.2. The molecule has 128 valence electrons. The number of nitrogens with zero attached hydrogens (tertiary/aromatic N) is 4. The first-order valence-corrected chi connectivity index (χ1v) is 10.4. The fourth-order valence-corrected chi connectivity index (χ4v) is 3.45. The maximum absolute atomic E-state index is 4.69. The van der Waals surface area contributed by atoms with Crippen LogP contribution in [0.1, 0.15) is 0 Å². The first kappa shape index (κ1) is 17.4. The Bertz CT molecular complexity index is 686. The van der Waals surface area contributed by atoms with Gasteiger partial charge in [0.25, 0.3) is 0 Å².